The number of amides is 1. The van der Waals surface area contributed by atoms with Crippen molar-refractivity contribution in [3.05, 3.63) is 48.6 Å². The average Bonchev–Trinajstić information content (AvgIpc) is 3.23. The van der Waals surface area contributed by atoms with Crippen LogP contribution in [0.2, 0.25) is 0 Å². The number of rotatable bonds is 32. The lowest BCUT2D eigenvalue weighted by atomic mass is 9.97. The highest BCUT2D eigenvalue weighted by Crippen LogP contribution is 2.30. The van der Waals surface area contributed by atoms with Crippen LogP contribution < -0.4 is 5.32 Å². The van der Waals surface area contributed by atoms with E-state index in [1.54, 1.807) is 0 Å². The van der Waals surface area contributed by atoms with Gasteiger partial charge in [-0.05, 0) is 51.4 Å². The Kier molecular flexibility index (Phi) is 29.4. The molecule has 12 atom stereocenters. The standard InChI is InChI=1S/C45H79NO13/c1-3-5-7-9-11-13-14-15-16-17-18-19-20-21-23-25-27-29-37(50)46-33(34(49)28-26-24-22-12-10-8-6-4-2)32-56-44-42(55)40(53)43(36(31-48)58-44)59-45-41(54)39(52)38(51)35(30-47)57-45/h5,7,11,13,15-16,18-19,33-36,38-45,47-49,51-55H,3-4,6,8-10,12,14,17,20-32H2,1-2H3,(H,46,50)/b7-5-,13-11-,16-15-,19-18-. The van der Waals surface area contributed by atoms with Gasteiger partial charge in [0.05, 0.1) is 32.0 Å². The first-order valence-corrected chi connectivity index (χ1v) is 22.4. The van der Waals surface area contributed by atoms with Gasteiger partial charge in [-0.3, -0.25) is 4.79 Å². The Morgan fingerprint density at radius 2 is 1.17 bits per heavy atom. The lowest BCUT2D eigenvalue weighted by Crippen LogP contribution is -2.65. The van der Waals surface area contributed by atoms with E-state index < -0.39 is 86.8 Å². The molecule has 0 aliphatic carbocycles. The lowest BCUT2D eigenvalue weighted by molar-refractivity contribution is -0.359. The molecule has 2 aliphatic heterocycles. The lowest BCUT2D eigenvalue weighted by Gasteiger charge is -2.46. The third-order valence-electron chi connectivity index (χ3n) is 10.8. The van der Waals surface area contributed by atoms with Gasteiger partial charge in [-0.2, -0.15) is 0 Å². The second kappa shape index (κ2) is 32.6. The SMILES string of the molecule is CC/C=C\C/C=C\C/C=C\C/C=C\CCCCCCC(=O)NC(COC1OC(CO)C(OC2OC(CO)C(O)C(O)C2O)C(O)C1O)C(O)CCCCCCCCCC. The molecular weight excluding hydrogens is 762 g/mol. The molecule has 342 valence electrons. The van der Waals surface area contributed by atoms with Crippen molar-refractivity contribution in [2.45, 2.75) is 209 Å². The molecule has 0 bridgehead atoms. The molecule has 0 aromatic carbocycles. The quantitative estimate of drug-likeness (QED) is 0.0343. The first kappa shape index (κ1) is 53.1. The van der Waals surface area contributed by atoms with Crippen molar-refractivity contribution in [2.75, 3.05) is 19.8 Å². The summed E-state index contributed by atoms with van der Waals surface area (Å²) in [5.41, 5.74) is 0. The number of aliphatic hydroxyl groups excluding tert-OH is 8. The molecule has 14 heteroatoms. The van der Waals surface area contributed by atoms with Gasteiger partial charge in [-0.1, -0.05) is 127 Å². The molecule has 2 fully saturated rings. The zero-order valence-electron chi connectivity index (χ0n) is 35.7. The van der Waals surface area contributed by atoms with E-state index in [-0.39, 0.29) is 18.9 Å². The third kappa shape index (κ3) is 21.1. The van der Waals surface area contributed by atoms with E-state index in [9.17, 15) is 45.6 Å². The van der Waals surface area contributed by atoms with Crippen molar-refractivity contribution in [1.82, 2.24) is 5.32 Å². The molecule has 14 nitrogen and oxygen atoms in total. The maximum atomic E-state index is 13.1. The van der Waals surface area contributed by atoms with Gasteiger partial charge in [0.1, 0.15) is 48.8 Å². The zero-order valence-corrected chi connectivity index (χ0v) is 35.7. The van der Waals surface area contributed by atoms with E-state index in [1.165, 1.54) is 25.7 Å². The Labute approximate surface area is 353 Å². The summed E-state index contributed by atoms with van der Waals surface area (Å²) in [5.74, 6) is -0.237. The van der Waals surface area contributed by atoms with Crippen LogP contribution in [0.3, 0.4) is 0 Å². The van der Waals surface area contributed by atoms with Crippen molar-refractivity contribution in [2.24, 2.45) is 0 Å². The smallest absolute Gasteiger partial charge is 0.220 e. The van der Waals surface area contributed by atoms with E-state index in [2.05, 4.69) is 67.8 Å². The van der Waals surface area contributed by atoms with Gasteiger partial charge in [0.15, 0.2) is 12.6 Å². The number of aliphatic hydroxyl groups is 8. The van der Waals surface area contributed by atoms with Crippen LogP contribution in [0.4, 0.5) is 0 Å². The molecule has 2 saturated heterocycles. The molecule has 0 saturated carbocycles. The zero-order chi connectivity index (χ0) is 43.3. The van der Waals surface area contributed by atoms with Crippen LogP contribution >= 0.6 is 0 Å². The van der Waals surface area contributed by atoms with Gasteiger partial charge in [-0.25, -0.2) is 0 Å². The van der Waals surface area contributed by atoms with Crippen molar-refractivity contribution in [1.29, 1.82) is 0 Å². The summed E-state index contributed by atoms with van der Waals surface area (Å²) in [6.45, 7) is 2.64. The van der Waals surface area contributed by atoms with Crippen molar-refractivity contribution in [3.63, 3.8) is 0 Å². The summed E-state index contributed by atoms with van der Waals surface area (Å²) < 4.78 is 22.6. The molecule has 0 radical (unpaired) electrons. The number of hydrogen-bond donors (Lipinski definition) is 9. The maximum absolute atomic E-state index is 13.1. The number of carbonyl (C=O) groups is 1. The Hall–Kier alpha value is -2.05. The monoisotopic (exact) mass is 842 g/mol. The Morgan fingerprint density at radius 3 is 1.80 bits per heavy atom. The normalized spacial score (nSPS) is 29.0. The van der Waals surface area contributed by atoms with Crippen LogP contribution in [0, 0.1) is 0 Å². The van der Waals surface area contributed by atoms with E-state index in [0.717, 1.165) is 77.0 Å². The van der Waals surface area contributed by atoms with E-state index in [4.69, 9.17) is 18.9 Å². The minimum absolute atomic E-state index is 0.237. The predicted molar refractivity (Wildman–Crippen MR) is 226 cm³/mol. The molecule has 9 N–H and O–H groups in total. The van der Waals surface area contributed by atoms with Crippen LogP contribution in [0.15, 0.2) is 48.6 Å². The fourth-order valence-electron chi connectivity index (χ4n) is 7.11. The van der Waals surface area contributed by atoms with Crippen LogP contribution in [-0.2, 0) is 23.7 Å². The molecule has 1 amide bonds. The van der Waals surface area contributed by atoms with E-state index in [0.29, 0.717) is 12.8 Å². The van der Waals surface area contributed by atoms with Crippen LogP contribution in [0.25, 0.3) is 0 Å². The molecule has 0 spiro atoms. The Balaban J connectivity index is 1.86. The summed E-state index contributed by atoms with van der Waals surface area (Å²) in [6.07, 6.45) is 18.5. The molecular formula is C45H79NO13. The number of hydrogen-bond acceptors (Lipinski definition) is 13. The van der Waals surface area contributed by atoms with Crippen molar-refractivity contribution < 1.29 is 64.6 Å². The van der Waals surface area contributed by atoms with Crippen LogP contribution in [0.1, 0.15) is 136 Å². The summed E-state index contributed by atoms with van der Waals surface area (Å²) >= 11 is 0. The molecule has 59 heavy (non-hydrogen) atoms. The van der Waals surface area contributed by atoms with Crippen LogP contribution in [0.5, 0.6) is 0 Å². The second-order valence-electron chi connectivity index (χ2n) is 15.8. The summed E-state index contributed by atoms with van der Waals surface area (Å²) in [5, 5.41) is 86.4. The van der Waals surface area contributed by atoms with Crippen molar-refractivity contribution in [3.8, 4) is 0 Å². The van der Waals surface area contributed by atoms with Gasteiger partial charge >= 0.3 is 0 Å². The summed E-state index contributed by atoms with van der Waals surface area (Å²) in [4.78, 5) is 13.1. The predicted octanol–water partition coefficient (Wildman–Crippen LogP) is 4.15. The highest BCUT2D eigenvalue weighted by atomic mass is 16.7. The van der Waals surface area contributed by atoms with Gasteiger partial charge in [0.2, 0.25) is 5.91 Å². The van der Waals surface area contributed by atoms with E-state index >= 15 is 0 Å². The van der Waals surface area contributed by atoms with Crippen molar-refractivity contribution >= 4 is 5.91 Å². The number of carbonyl (C=O) groups excluding carboxylic acids is 1. The minimum Gasteiger partial charge on any atom is -0.394 e. The molecule has 0 aromatic heterocycles. The van der Waals surface area contributed by atoms with Crippen LogP contribution in [-0.4, -0.2) is 140 Å². The van der Waals surface area contributed by atoms with Gasteiger partial charge < -0.3 is 65.1 Å². The molecule has 0 aromatic rings. The van der Waals surface area contributed by atoms with Gasteiger partial charge in [0, 0.05) is 6.42 Å². The highest BCUT2D eigenvalue weighted by molar-refractivity contribution is 5.76. The van der Waals surface area contributed by atoms with E-state index in [1.807, 2.05) is 0 Å². The summed E-state index contributed by atoms with van der Waals surface area (Å²) in [7, 11) is 0. The largest absolute Gasteiger partial charge is 0.394 e. The fourth-order valence-corrected chi connectivity index (χ4v) is 7.11. The third-order valence-corrected chi connectivity index (χ3v) is 10.8. The highest BCUT2D eigenvalue weighted by Gasteiger charge is 2.51. The Morgan fingerprint density at radius 1 is 0.627 bits per heavy atom. The molecule has 2 heterocycles. The first-order valence-electron chi connectivity index (χ1n) is 22.4. The first-order chi connectivity index (χ1) is 28.6. The summed E-state index contributed by atoms with van der Waals surface area (Å²) in [6, 6.07) is -0.839. The number of unbranched alkanes of at least 4 members (excludes halogenated alkanes) is 11. The van der Waals surface area contributed by atoms with Gasteiger partial charge in [-0.15, -0.1) is 0 Å². The number of nitrogens with one attached hydrogen (secondary N) is 1. The van der Waals surface area contributed by atoms with Gasteiger partial charge in [0.25, 0.3) is 0 Å². The topological polar surface area (TPSA) is 228 Å². The second-order valence-corrected chi connectivity index (χ2v) is 15.8. The molecule has 2 aliphatic rings. The molecule has 2 rings (SSSR count). The fraction of sp³-hybridized carbons (Fsp3) is 0.800. The maximum Gasteiger partial charge on any atom is 0.220 e. The number of ether oxygens (including phenoxy) is 4. The average molecular weight is 842 g/mol. The minimum atomic E-state index is -1.78. The number of allylic oxidation sites excluding steroid dienone is 8. The Bertz CT molecular complexity index is 1180. The molecule has 12 unspecified atom stereocenters.